The zero-order valence-corrected chi connectivity index (χ0v) is 16.6. The van der Waals surface area contributed by atoms with Gasteiger partial charge in [0.05, 0.1) is 19.5 Å². The Labute approximate surface area is 168 Å². The van der Waals surface area contributed by atoms with Gasteiger partial charge < -0.3 is 15.0 Å². The van der Waals surface area contributed by atoms with Gasteiger partial charge in [0.2, 0.25) is 0 Å². The van der Waals surface area contributed by atoms with Crippen LogP contribution in [0.25, 0.3) is 22.3 Å². The molecule has 0 radical (unpaired) electrons. The predicted octanol–water partition coefficient (Wildman–Crippen LogP) is 5.16. The van der Waals surface area contributed by atoms with Crippen LogP contribution in [-0.2, 0) is 0 Å². The molecule has 0 aliphatic rings. The van der Waals surface area contributed by atoms with E-state index in [1.807, 2.05) is 38.1 Å². The maximum absolute atomic E-state index is 6.60. The van der Waals surface area contributed by atoms with Crippen LogP contribution >= 0.6 is 11.6 Å². The van der Waals surface area contributed by atoms with Gasteiger partial charge in [-0.2, -0.15) is 0 Å². The Bertz CT molecular complexity index is 1130. The van der Waals surface area contributed by atoms with E-state index in [0.29, 0.717) is 16.5 Å². The third-order valence-electron chi connectivity index (χ3n) is 4.81. The summed E-state index contributed by atoms with van der Waals surface area (Å²) in [5.41, 5.74) is 5.36. The Hall–Kier alpha value is -3.12. The van der Waals surface area contributed by atoms with Crippen molar-refractivity contribution in [1.82, 2.24) is 19.9 Å². The number of imidazole rings is 1. The van der Waals surface area contributed by atoms with E-state index in [4.69, 9.17) is 16.3 Å². The van der Waals surface area contributed by atoms with Crippen molar-refractivity contribution in [3.8, 4) is 16.9 Å². The maximum atomic E-state index is 6.60. The van der Waals surface area contributed by atoms with Gasteiger partial charge in [-0.25, -0.2) is 15.0 Å². The van der Waals surface area contributed by atoms with Gasteiger partial charge in [-0.15, -0.1) is 0 Å². The molecule has 28 heavy (non-hydrogen) atoms. The molecule has 0 amide bonds. The lowest BCUT2D eigenvalue weighted by molar-refractivity contribution is 0.409. The molecule has 142 valence electrons. The number of halogens is 1. The Morgan fingerprint density at radius 3 is 2.68 bits per heavy atom. The molecule has 2 N–H and O–H groups in total. The number of H-pyrrole nitrogens is 1. The minimum Gasteiger partial charge on any atom is -0.496 e. The quantitative estimate of drug-likeness (QED) is 0.489. The second-order valence-corrected chi connectivity index (χ2v) is 6.94. The second-order valence-electron chi connectivity index (χ2n) is 6.54. The molecule has 1 atom stereocenters. The standard InChI is InChI=1S/C21H20ClN5O/c1-12-16(22)9-15(19(28-3)17(12)14-7-5-4-6-8-14)13(2)27-21-18-20(24-10-23-18)25-11-26-21/h4-11,13H,1-3H3,(H2,23,24,25,26,27). The largest absolute Gasteiger partial charge is 0.496 e. The number of hydrogen-bond acceptors (Lipinski definition) is 5. The van der Waals surface area contributed by atoms with Crippen molar-refractivity contribution in [3.05, 3.63) is 65.2 Å². The lowest BCUT2D eigenvalue weighted by Gasteiger charge is -2.22. The summed E-state index contributed by atoms with van der Waals surface area (Å²) in [6.07, 6.45) is 3.10. The summed E-state index contributed by atoms with van der Waals surface area (Å²) in [5, 5.41) is 4.12. The summed E-state index contributed by atoms with van der Waals surface area (Å²) in [5.74, 6) is 1.47. The zero-order valence-electron chi connectivity index (χ0n) is 15.8. The molecule has 7 heteroatoms. The molecule has 2 aromatic heterocycles. The van der Waals surface area contributed by atoms with Crippen LogP contribution in [-0.4, -0.2) is 27.0 Å². The number of nitrogens with zero attached hydrogens (tertiary/aromatic N) is 3. The van der Waals surface area contributed by atoms with Crippen molar-refractivity contribution in [2.75, 3.05) is 12.4 Å². The normalized spacial score (nSPS) is 12.1. The molecule has 4 aromatic rings. The van der Waals surface area contributed by atoms with E-state index >= 15 is 0 Å². The highest BCUT2D eigenvalue weighted by atomic mass is 35.5. The molecule has 0 aliphatic carbocycles. The van der Waals surface area contributed by atoms with Gasteiger partial charge in [0.25, 0.3) is 0 Å². The van der Waals surface area contributed by atoms with E-state index in [2.05, 4.69) is 37.4 Å². The van der Waals surface area contributed by atoms with Crippen LogP contribution < -0.4 is 10.1 Å². The number of ether oxygens (including phenoxy) is 1. The maximum Gasteiger partial charge on any atom is 0.182 e. The molecule has 4 rings (SSSR count). The van der Waals surface area contributed by atoms with Crippen LogP contribution in [0.3, 0.4) is 0 Å². The van der Waals surface area contributed by atoms with Crippen molar-refractivity contribution in [3.63, 3.8) is 0 Å². The van der Waals surface area contributed by atoms with Gasteiger partial charge in [0, 0.05) is 16.1 Å². The topological polar surface area (TPSA) is 75.7 Å². The van der Waals surface area contributed by atoms with Gasteiger partial charge in [0.15, 0.2) is 11.5 Å². The van der Waals surface area contributed by atoms with E-state index < -0.39 is 0 Å². The average Bonchev–Trinajstić information content (AvgIpc) is 3.20. The lowest BCUT2D eigenvalue weighted by Crippen LogP contribution is -2.11. The fourth-order valence-corrected chi connectivity index (χ4v) is 3.61. The van der Waals surface area contributed by atoms with Crippen molar-refractivity contribution >= 4 is 28.6 Å². The number of hydrogen-bond donors (Lipinski definition) is 2. The third kappa shape index (κ3) is 3.16. The molecule has 2 aromatic carbocycles. The van der Waals surface area contributed by atoms with Crippen LogP contribution in [0.5, 0.6) is 5.75 Å². The summed E-state index contributed by atoms with van der Waals surface area (Å²) >= 11 is 6.60. The fraction of sp³-hybridized carbons (Fsp3) is 0.190. The number of methoxy groups -OCH3 is 1. The van der Waals surface area contributed by atoms with Crippen LogP contribution in [0.15, 0.2) is 49.1 Å². The summed E-state index contributed by atoms with van der Waals surface area (Å²) in [6.45, 7) is 4.05. The minimum atomic E-state index is -0.114. The number of rotatable bonds is 5. The molecular weight excluding hydrogens is 374 g/mol. The molecule has 0 saturated carbocycles. The number of aromatic nitrogens is 4. The highest BCUT2D eigenvalue weighted by Crippen LogP contribution is 2.42. The first kappa shape index (κ1) is 18.3. The number of aromatic amines is 1. The molecule has 6 nitrogen and oxygen atoms in total. The zero-order chi connectivity index (χ0) is 19.7. The number of fused-ring (bicyclic) bond motifs is 1. The monoisotopic (exact) mass is 393 g/mol. The van der Waals surface area contributed by atoms with E-state index in [0.717, 1.165) is 33.5 Å². The SMILES string of the molecule is COc1c(C(C)Nc2ncnc3nc[nH]c23)cc(Cl)c(C)c1-c1ccccc1. The van der Waals surface area contributed by atoms with Crippen molar-refractivity contribution in [1.29, 1.82) is 0 Å². The Morgan fingerprint density at radius 2 is 1.93 bits per heavy atom. The fourth-order valence-electron chi connectivity index (χ4n) is 3.40. The third-order valence-corrected chi connectivity index (χ3v) is 5.21. The van der Waals surface area contributed by atoms with Crippen LogP contribution in [0, 0.1) is 6.92 Å². The van der Waals surface area contributed by atoms with Crippen LogP contribution in [0.2, 0.25) is 5.02 Å². The molecule has 0 fully saturated rings. The molecule has 1 unspecified atom stereocenters. The second kappa shape index (κ2) is 7.48. The number of benzene rings is 2. The van der Waals surface area contributed by atoms with Gasteiger partial charge in [0.1, 0.15) is 17.6 Å². The molecule has 0 aliphatic heterocycles. The Morgan fingerprint density at radius 1 is 1.14 bits per heavy atom. The average molecular weight is 394 g/mol. The van der Waals surface area contributed by atoms with Crippen LogP contribution in [0.4, 0.5) is 5.82 Å². The number of anilines is 1. The molecule has 0 bridgehead atoms. The van der Waals surface area contributed by atoms with E-state index in [1.165, 1.54) is 6.33 Å². The van der Waals surface area contributed by atoms with E-state index in [1.54, 1.807) is 13.4 Å². The van der Waals surface area contributed by atoms with Gasteiger partial charge in [-0.05, 0) is 31.0 Å². The predicted molar refractivity (Wildman–Crippen MR) is 112 cm³/mol. The molecule has 0 spiro atoms. The lowest BCUT2D eigenvalue weighted by atomic mass is 9.94. The number of nitrogens with one attached hydrogen (secondary N) is 2. The van der Waals surface area contributed by atoms with Crippen molar-refractivity contribution in [2.24, 2.45) is 0 Å². The summed E-state index contributed by atoms with van der Waals surface area (Å²) in [7, 11) is 1.68. The summed E-state index contributed by atoms with van der Waals surface area (Å²) < 4.78 is 5.85. The van der Waals surface area contributed by atoms with Crippen molar-refractivity contribution < 1.29 is 4.74 Å². The van der Waals surface area contributed by atoms with Crippen LogP contribution in [0.1, 0.15) is 24.1 Å². The van der Waals surface area contributed by atoms with Gasteiger partial charge in [-0.1, -0.05) is 41.9 Å². The van der Waals surface area contributed by atoms with Gasteiger partial charge in [-0.3, -0.25) is 0 Å². The molecule has 0 saturated heterocycles. The molecule has 2 heterocycles. The first-order valence-corrected chi connectivity index (χ1v) is 9.31. The minimum absolute atomic E-state index is 0.114. The highest BCUT2D eigenvalue weighted by molar-refractivity contribution is 6.32. The Kier molecular flexibility index (Phi) is 4.88. The summed E-state index contributed by atoms with van der Waals surface area (Å²) in [6, 6.07) is 12.0. The van der Waals surface area contributed by atoms with E-state index in [-0.39, 0.29) is 6.04 Å². The smallest absolute Gasteiger partial charge is 0.182 e. The van der Waals surface area contributed by atoms with E-state index in [9.17, 15) is 0 Å². The first-order valence-electron chi connectivity index (χ1n) is 8.93. The molecular formula is C21H20ClN5O. The highest BCUT2D eigenvalue weighted by Gasteiger charge is 2.21. The summed E-state index contributed by atoms with van der Waals surface area (Å²) in [4.78, 5) is 15.8. The Balaban J connectivity index is 1.81. The van der Waals surface area contributed by atoms with Gasteiger partial charge >= 0.3 is 0 Å². The first-order chi connectivity index (χ1) is 13.6. The van der Waals surface area contributed by atoms with Crippen molar-refractivity contribution in [2.45, 2.75) is 19.9 Å².